The van der Waals surface area contributed by atoms with E-state index in [1.807, 2.05) is 12.1 Å². The predicted molar refractivity (Wildman–Crippen MR) is 112 cm³/mol. The van der Waals surface area contributed by atoms with Crippen LogP contribution in [0.15, 0.2) is 60.8 Å². The van der Waals surface area contributed by atoms with E-state index in [1.54, 1.807) is 23.2 Å². The van der Waals surface area contributed by atoms with E-state index in [0.717, 1.165) is 30.5 Å². The average Bonchev–Trinajstić information content (AvgIpc) is 2.78. The second kappa shape index (κ2) is 8.87. The van der Waals surface area contributed by atoms with Gasteiger partial charge < -0.3 is 9.64 Å². The van der Waals surface area contributed by atoms with Crippen molar-refractivity contribution in [1.29, 1.82) is 0 Å². The van der Waals surface area contributed by atoms with Gasteiger partial charge in [0.05, 0.1) is 10.4 Å². The van der Waals surface area contributed by atoms with Crippen molar-refractivity contribution in [3.8, 4) is 5.75 Å². The number of carbonyl (C=O) groups excluding carboxylic acids is 1. The Bertz CT molecular complexity index is 1060. The fourth-order valence-corrected chi connectivity index (χ4v) is 3.65. The average molecular weight is 406 g/mol. The molecule has 0 unspecified atom stereocenters. The van der Waals surface area contributed by atoms with Gasteiger partial charge in [-0.1, -0.05) is 36.4 Å². The van der Waals surface area contributed by atoms with Gasteiger partial charge in [0.1, 0.15) is 0 Å². The summed E-state index contributed by atoms with van der Waals surface area (Å²) in [7, 11) is 0. The van der Waals surface area contributed by atoms with Crippen molar-refractivity contribution in [2.24, 2.45) is 0 Å². The minimum Gasteiger partial charge on any atom is -0.477 e. The molecular weight excluding hydrogens is 384 g/mol. The molecule has 0 atom stereocenters. The lowest BCUT2D eigenvalue weighted by Crippen LogP contribution is -2.49. The molecule has 1 amide bonds. The molecule has 1 saturated heterocycles. The van der Waals surface area contributed by atoms with Gasteiger partial charge in [-0.05, 0) is 17.7 Å². The highest BCUT2D eigenvalue weighted by atomic mass is 16.6. The molecule has 8 heteroatoms. The van der Waals surface area contributed by atoms with Crippen molar-refractivity contribution in [3.63, 3.8) is 0 Å². The van der Waals surface area contributed by atoms with E-state index in [0.29, 0.717) is 13.1 Å². The molecule has 0 spiro atoms. The second-order valence-electron chi connectivity index (χ2n) is 7.16. The van der Waals surface area contributed by atoms with E-state index < -0.39 is 4.92 Å². The first kappa shape index (κ1) is 19.8. The topological polar surface area (TPSA) is 88.8 Å². The maximum Gasteiger partial charge on any atom is 0.310 e. The molecule has 1 fully saturated rings. The summed E-state index contributed by atoms with van der Waals surface area (Å²) in [5.41, 5.74) is 2.04. The van der Waals surface area contributed by atoms with Gasteiger partial charge in [-0.3, -0.25) is 24.8 Å². The van der Waals surface area contributed by atoms with Crippen LogP contribution in [-0.4, -0.2) is 58.4 Å². The highest BCUT2D eigenvalue weighted by molar-refractivity contribution is 5.81. The molecule has 30 heavy (non-hydrogen) atoms. The van der Waals surface area contributed by atoms with E-state index in [2.05, 4.69) is 28.1 Å². The number of fused-ring (bicyclic) bond motifs is 1. The van der Waals surface area contributed by atoms with Crippen LogP contribution in [0.2, 0.25) is 0 Å². The van der Waals surface area contributed by atoms with E-state index in [9.17, 15) is 14.9 Å². The van der Waals surface area contributed by atoms with Crippen LogP contribution in [0.1, 0.15) is 5.56 Å². The minimum atomic E-state index is -0.513. The van der Waals surface area contributed by atoms with Crippen LogP contribution >= 0.6 is 0 Å². The summed E-state index contributed by atoms with van der Waals surface area (Å²) < 4.78 is 5.43. The lowest BCUT2D eigenvalue weighted by Gasteiger charge is -2.34. The van der Waals surface area contributed by atoms with Crippen molar-refractivity contribution < 1.29 is 14.5 Å². The van der Waals surface area contributed by atoms with Crippen molar-refractivity contribution >= 4 is 22.5 Å². The van der Waals surface area contributed by atoms with Crippen molar-refractivity contribution in [1.82, 2.24) is 14.8 Å². The maximum atomic E-state index is 12.5. The van der Waals surface area contributed by atoms with Gasteiger partial charge in [0.25, 0.3) is 5.91 Å². The zero-order chi connectivity index (χ0) is 20.9. The number of carbonyl (C=O) groups is 1. The third-order valence-electron chi connectivity index (χ3n) is 5.25. The van der Waals surface area contributed by atoms with Gasteiger partial charge in [0, 0.05) is 50.4 Å². The number of piperazine rings is 1. The van der Waals surface area contributed by atoms with Crippen LogP contribution in [0.3, 0.4) is 0 Å². The molecule has 1 aliphatic rings. The Balaban J connectivity index is 1.31. The first-order chi connectivity index (χ1) is 14.6. The van der Waals surface area contributed by atoms with Gasteiger partial charge in [-0.2, -0.15) is 0 Å². The van der Waals surface area contributed by atoms with Gasteiger partial charge in [0.2, 0.25) is 0 Å². The maximum absolute atomic E-state index is 12.5. The Morgan fingerprint density at radius 2 is 1.80 bits per heavy atom. The molecule has 0 N–H and O–H groups in total. The molecule has 4 rings (SSSR count). The van der Waals surface area contributed by atoms with Crippen molar-refractivity contribution in [3.05, 3.63) is 76.5 Å². The minimum absolute atomic E-state index is 0.109. The molecule has 0 aliphatic carbocycles. The lowest BCUT2D eigenvalue weighted by molar-refractivity contribution is -0.385. The van der Waals surface area contributed by atoms with E-state index in [4.69, 9.17) is 4.74 Å². The molecule has 1 aliphatic heterocycles. The fraction of sp³-hybridized carbons (Fsp3) is 0.273. The Morgan fingerprint density at radius 3 is 2.60 bits per heavy atom. The largest absolute Gasteiger partial charge is 0.477 e. The summed E-state index contributed by atoms with van der Waals surface area (Å²) in [6.45, 7) is 3.26. The molecule has 0 bridgehead atoms. The number of amides is 1. The highest BCUT2D eigenvalue weighted by Gasteiger charge is 2.23. The number of hydrogen-bond acceptors (Lipinski definition) is 6. The van der Waals surface area contributed by atoms with Crippen LogP contribution < -0.4 is 4.74 Å². The van der Waals surface area contributed by atoms with Crippen LogP contribution in [-0.2, 0) is 11.3 Å². The quantitative estimate of drug-likeness (QED) is 0.462. The molecular formula is C22H22N4O4. The third-order valence-corrected chi connectivity index (χ3v) is 5.25. The summed E-state index contributed by atoms with van der Waals surface area (Å²) in [6.07, 6.45) is 1.81. The summed E-state index contributed by atoms with van der Waals surface area (Å²) in [5.74, 6) is -0.0578. The smallest absolute Gasteiger partial charge is 0.310 e. The first-order valence-corrected chi connectivity index (χ1v) is 9.81. The van der Waals surface area contributed by atoms with Crippen LogP contribution in [0.5, 0.6) is 5.75 Å². The zero-order valence-electron chi connectivity index (χ0n) is 16.4. The summed E-state index contributed by atoms with van der Waals surface area (Å²) >= 11 is 0. The second-order valence-corrected chi connectivity index (χ2v) is 7.16. The summed E-state index contributed by atoms with van der Waals surface area (Å²) in [5, 5.41) is 12.2. The molecule has 8 nitrogen and oxygen atoms in total. The van der Waals surface area contributed by atoms with E-state index in [1.165, 1.54) is 17.7 Å². The molecule has 0 saturated carbocycles. The normalized spacial score (nSPS) is 14.6. The van der Waals surface area contributed by atoms with Gasteiger partial charge in [-0.25, -0.2) is 0 Å². The van der Waals surface area contributed by atoms with Gasteiger partial charge >= 0.3 is 5.69 Å². The Kier molecular flexibility index (Phi) is 5.85. The number of benzene rings is 2. The van der Waals surface area contributed by atoms with Crippen LogP contribution in [0.4, 0.5) is 5.69 Å². The summed E-state index contributed by atoms with van der Waals surface area (Å²) in [6, 6.07) is 16.3. The summed E-state index contributed by atoms with van der Waals surface area (Å²) in [4.78, 5) is 31.6. The number of nitrogens with zero attached hydrogens (tertiary/aromatic N) is 4. The Morgan fingerprint density at radius 1 is 1.03 bits per heavy atom. The molecule has 154 valence electrons. The van der Waals surface area contributed by atoms with E-state index in [-0.39, 0.29) is 24.0 Å². The molecule has 2 heterocycles. The van der Waals surface area contributed by atoms with Gasteiger partial charge in [-0.15, -0.1) is 0 Å². The molecule has 3 aromatic rings. The number of nitro groups is 1. The van der Waals surface area contributed by atoms with Crippen molar-refractivity contribution in [2.45, 2.75) is 6.54 Å². The highest BCUT2D eigenvalue weighted by Crippen LogP contribution is 2.25. The number of nitro benzene ring substituents is 1. The monoisotopic (exact) mass is 406 g/mol. The van der Waals surface area contributed by atoms with Crippen molar-refractivity contribution in [2.75, 3.05) is 32.8 Å². The van der Waals surface area contributed by atoms with E-state index >= 15 is 0 Å². The number of aromatic nitrogens is 1. The Hall–Kier alpha value is -3.52. The van der Waals surface area contributed by atoms with Gasteiger partial charge in [0.15, 0.2) is 12.4 Å². The van der Waals surface area contributed by atoms with Crippen LogP contribution in [0.25, 0.3) is 10.9 Å². The third kappa shape index (κ3) is 4.38. The predicted octanol–water partition coefficient (Wildman–Crippen LogP) is 2.87. The standard InChI is InChI=1S/C22H22N4O4/c27-21(16-30-20-9-2-1-8-19(20)26(28)29)25-13-11-24(12-14-25)15-18-6-3-5-17-7-4-10-23-22(17)18/h1-10H,11-16H2. The molecule has 1 aromatic heterocycles. The van der Waals surface area contributed by atoms with Crippen LogP contribution in [0, 0.1) is 10.1 Å². The Labute approximate surface area is 173 Å². The number of pyridine rings is 1. The number of para-hydroxylation sites is 3. The first-order valence-electron chi connectivity index (χ1n) is 9.81. The zero-order valence-corrected chi connectivity index (χ0v) is 16.4. The number of rotatable bonds is 6. The molecule has 0 radical (unpaired) electrons. The SMILES string of the molecule is O=C(COc1ccccc1[N+](=O)[O-])N1CCN(Cc2cccc3cccnc23)CC1. The number of ether oxygens (including phenoxy) is 1. The fourth-order valence-electron chi connectivity index (χ4n) is 3.65. The number of hydrogen-bond donors (Lipinski definition) is 0. The molecule has 2 aromatic carbocycles. The lowest BCUT2D eigenvalue weighted by atomic mass is 10.1.